The minimum absolute atomic E-state index is 0.148. The summed E-state index contributed by atoms with van der Waals surface area (Å²) in [5, 5.41) is 2.54. The van der Waals surface area contributed by atoms with Crippen molar-refractivity contribution in [2.45, 2.75) is 13.8 Å². The maximum Gasteiger partial charge on any atom is 0.255 e. The van der Waals surface area contributed by atoms with Crippen LogP contribution < -0.4 is 5.32 Å². The van der Waals surface area contributed by atoms with E-state index in [4.69, 9.17) is 0 Å². The summed E-state index contributed by atoms with van der Waals surface area (Å²) < 4.78 is 0. The van der Waals surface area contributed by atoms with Crippen LogP contribution in [0.5, 0.6) is 0 Å². The van der Waals surface area contributed by atoms with Crippen molar-refractivity contribution in [3.8, 4) is 0 Å². The molecule has 0 heterocycles. The number of hydrogen-bond donors (Lipinski definition) is 1. The highest BCUT2D eigenvalue weighted by Gasteiger charge is 2.34. The van der Waals surface area contributed by atoms with Gasteiger partial charge < -0.3 is 5.32 Å². The van der Waals surface area contributed by atoms with Gasteiger partial charge in [0.1, 0.15) is 0 Å². The van der Waals surface area contributed by atoms with Gasteiger partial charge in [-0.1, -0.05) is 38.1 Å². The molecule has 0 radical (unpaired) electrons. The highest BCUT2D eigenvalue weighted by Crippen LogP contribution is 2.37. The van der Waals surface area contributed by atoms with Gasteiger partial charge in [-0.05, 0) is 17.1 Å². The van der Waals surface area contributed by atoms with Gasteiger partial charge in [-0.25, -0.2) is 0 Å². The number of carbonyl (C=O) groups excluding carboxylic acids is 2. The van der Waals surface area contributed by atoms with Crippen LogP contribution in [-0.2, 0) is 4.79 Å². The van der Waals surface area contributed by atoms with E-state index in [2.05, 4.69) is 5.32 Å². The minimum Gasteiger partial charge on any atom is -0.355 e. The Morgan fingerprint density at radius 3 is 2.29 bits per heavy atom. The number of ketones is 1. The van der Waals surface area contributed by atoms with Crippen LogP contribution in [0.15, 0.2) is 29.8 Å². The third-order valence-electron chi connectivity index (χ3n) is 2.99. The smallest absolute Gasteiger partial charge is 0.255 e. The number of rotatable bonds is 2. The molecule has 0 bridgehead atoms. The Bertz CT molecular complexity index is 527. The number of likely N-dealkylation sites (N-methyl/N-ethyl adjacent to an activating group) is 1. The zero-order valence-electron chi connectivity index (χ0n) is 10.2. The molecule has 3 heteroatoms. The van der Waals surface area contributed by atoms with Gasteiger partial charge in [0.05, 0.1) is 5.57 Å². The monoisotopic (exact) mass is 229 g/mol. The van der Waals surface area contributed by atoms with Crippen LogP contribution >= 0.6 is 0 Å². The second kappa shape index (κ2) is 4.17. The van der Waals surface area contributed by atoms with Crippen LogP contribution in [-0.4, -0.2) is 18.7 Å². The number of carbonyl (C=O) groups is 2. The van der Waals surface area contributed by atoms with E-state index < -0.39 is 0 Å². The van der Waals surface area contributed by atoms with Gasteiger partial charge in [0.2, 0.25) is 0 Å². The molecule has 17 heavy (non-hydrogen) atoms. The molecule has 2 rings (SSSR count). The van der Waals surface area contributed by atoms with Gasteiger partial charge in [0.15, 0.2) is 5.78 Å². The first-order valence-electron chi connectivity index (χ1n) is 5.68. The molecule has 1 aromatic carbocycles. The molecular formula is C14H15NO2. The second-order valence-electron chi connectivity index (χ2n) is 4.40. The second-order valence-corrected chi connectivity index (χ2v) is 4.40. The van der Waals surface area contributed by atoms with E-state index in [1.54, 1.807) is 13.1 Å². The molecule has 3 nitrogen and oxygen atoms in total. The standard InChI is InChI=1S/C14H15NO2/c1-8(2)11-9-6-4-5-7-10(9)13(16)12(11)14(17)15-3/h4-8H,1-3H3,(H,15,17). The number of benzene rings is 1. The summed E-state index contributed by atoms with van der Waals surface area (Å²) in [6.45, 7) is 3.99. The normalized spacial score (nSPS) is 14.2. The zero-order valence-corrected chi connectivity index (χ0v) is 10.2. The Kier molecular flexibility index (Phi) is 2.84. The number of fused-ring (bicyclic) bond motifs is 1. The Morgan fingerprint density at radius 1 is 1.18 bits per heavy atom. The first kappa shape index (κ1) is 11.6. The Hall–Kier alpha value is -1.90. The lowest BCUT2D eigenvalue weighted by Crippen LogP contribution is -2.24. The maximum atomic E-state index is 12.2. The van der Waals surface area contributed by atoms with Crippen LogP contribution in [0.2, 0.25) is 0 Å². The van der Waals surface area contributed by atoms with Crippen LogP contribution in [0.25, 0.3) is 5.57 Å². The van der Waals surface area contributed by atoms with Crippen molar-refractivity contribution in [2.24, 2.45) is 5.92 Å². The van der Waals surface area contributed by atoms with E-state index >= 15 is 0 Å². The average Bonchev–Trinajstić information content (AvgIpc) is 2.62. The van der Waals surface area contributed by atoms with Crippen molar-refractivity contribution in [1.82, 2.24) is 5.32 Å². The van der Waals surface area contributed by atoms with Gasteiger partial charge in [-0.3, -0.25) is 9.59 Å². The molecule has 0 unspecified atom stereocenters. The summed E-state index contributed by atoms with van der Waals surface area (Å²) in [6.07, 6.45) is 0. The summed E-state index contributed by atoms with van der Waals surface area (Å²) in [4.78, 5) is 24.0. The molecule has 0 aromatic heterocycles. The summed E-state index contributed by atoms with van der Waals surface area (Å²) >= 11 is 0. The summed E-state index contributed by atoms with van der Waals surface area (Å²) in [6, 6.07) is 7.39. The van der Waals surface area contributed by atoms with Crippen molar-refractivity contribution >= 4 is 17.3 Å². The Balaban J connectivity index is 2.67. The van der Waals surface area contributed by atoms with Crippen LogP contribution in [0.3, 0.4) is 0 Å². The molecule has 1 aliphatic carbocycles. The van der Waals surface area contributed by atoms with E-state index in [1.165, 1.54) is 0 Å². The van der Waals surface area contributed by atoms with E-state index in [9.17, 15) is 9.59 Å². The summed E-state index contributed by atoms with van der Waals surface area (Å²) in [5.74, 6) is -0.312. The molecule has 1 amide bonds. The van der Waals surface area contributed by atoms with Gasteiger partial charge in [0.25, 0.3) is 5.91 Å². The molecule has 0 atom stereocenters. The topological polar surface area (TPSA) is 46.2 Å². The van der Waals surface area contributed by atoms with E-state index in [-0.39, 0.29) is 17.6 Å². The lowest BCUT2D eigenvalue weighted by molar-refractivity contribution is -0.116. The number of amides is 1. The van der Waals surface area contributed by atoms with Crippen molar-refractivity contribution < 1.29 is 9.59 Å². The molecule has 0 aliphatic heterocycles. The molecule has 1 aliphatic rings. The highest BCUT2D eigenvalue weighted by atomic mass is 16.2. The molecule has 88 valence electrons. The quantitative estimate of drug-likeness (QED) is 0.789. The van der Waals surface area contributed by atoms with Gasteiger partial charge in [0, 0.05) is 12.6 Å². The lowest BCUT2D eigenvalue weighted by Gasteiger charge is -2.10. The molecular weight excluding hydrogens is 214 g/mol. The van der Waals surface area contributed by atoms with E-state index in [0.717, 1.165) is 11.1 Å². The van der Waals surface area contributed by atoms with E-state index in [1.807, 2.05) is 32.0 Å². The molecule has 0 fully saturated rings. The number of nitrogens with one attached hydrogen (secondary N) is 1. The predicted octanol–water partition coefficient (Wildman–Crippen LogP) is 2.04. The molecule has 0 saturated heterocycles. The molecule has 0 saturated carbocycles. The fourth-order valence-corrected chi connectivity index (χ4v) is 2.26. The zero-order chi connectivity index (χ0) is 12.6. The minimum atomic E-state index is -0.296. The number of allylic oxidation sites excluding steroid dienone is 1. The van der Waals surface area contributed by atoms with Gasteiger partial charge >= 0.3 is 0 Å². The Morgan fingerprint density at radius 2 is 1.76 bits per heavy atom. The number of hydrogen-bond acceptors (Lipinski definition) is 2. The number of Topliss-reactive ketones (excluding diaryl/α,β-unsaturated/α-hetero) is 1. The molecule has 1 aromatic rings. The molecule has 0 spiro atoms. The summed E-state index contributed by atoms with van der Waals surface area (Å²) in [5.41, 5.74) is 2.68. The summed E-state index contributed by atoms with van der Waals surface area (Å²) in [7, 11) is 1.55. The highest BCUT2D eigenvalue weighted by molar-refractivity contribution is 6.34. The van der Waals surface area contributed by atoms with Crippen molar-refractivity contribution in [3.05, 3.63) is 41.0 Å². The van der Waals surface area contributed by atoms with Crippen molar-refractivity contribution in [3.63, 3.8) is 0 Å². The maximum absolute atomic E-state index is 12.2. The van der Waals surface area contributed by atoms with Crippen LogP contribution in [0.1, 0.15) is 29.8 Å². The average molecular weight is 229 g/mol. The lowest BCUT2D eigenvalue weighted by atomic mass is 9.95. The Labute approximate surface area is 101 Å². The van der Waals surface area contributed by atoms with Crippen molar-refractivity contribution in [1.29, 1.82) is 0 Å². The first-order chi connectivity index (χ1) is 8.07. The van der Waals surface area contributed by atoms with Crippen LogP contribution in [0.4, 0.5) is 0 Å². The predicted molar refractivity (Wildman–Crippen MR) is 66.6 cm³/mol. The van der Waals surface area contributed by atoms with E-state index in [0.29, 0.717) is 11.1 Å². The molecule has 1 N–H and O–H groups in total. The third-order valence-corrected chi connectivity index (χ3v) is 2.99. The fraction of sp³-hybridized carbons (Fsp3) is 0.286. The van der Waals surface area contributed by atoms with Gasteiger partial charge in [-0.15, -0.1) is 0 Å². The first-order valence-corrected chi connectivity index (χ1v) is 5.68. The third kappa shape index (κ3) is 1.68. The largest absolute Gasteiger partial charge is 0.355 e. The van der Waals surface area contributed by atoms with Gasteiger partial charge in [-0.2, -0.15) is 0 Å². The SMILES string of the molecule is CNC(=O)C1=C(C(C)C)c2ccccc2C1=O. The van der Waals surface area contributed by atoms with Crippen molar-refractivity contribution in [2.75, 3.05) is 7.05 Å². The fourth-order valence-electron chi connectivity index (χ4n) is 2.26. The van der Waals surface area contributed by atoms with Crippen LogP contribution in [0, 0.1) is 5.92 Å².